The molecule has 2 aliphatic rings. The van der Waals surface area contributed by atoms with E-state index < -0.39 is 0 Å². The van der Waals surface area contributed by atoms with Crippen LogP contribution in [0.5, 0.6) is 5.75 Å². The van der Waals surface area contributed by atoms with Crippen LogP contribution >= 0.6 is 0 Å². The summed E-state index contributed by atoms with van der Waals surface area (Å²) in [7, 11) is 0. The Morgan fingerprint density at radius 2 is 1.00 bits per heavy atom. The van der Waals surface area contributed by atoms with Gasteiger partial charge in [0, 0.05) is 22.3 Å². The van der Waals surface area contributed by atoms with Crippen LogP contribution in [0.1, 0.15) is 29.0 Å². The number of hydrogen-bond acceptors (Lipinski definition) is 4. The van der Waals surface area contributed by atoms with Crippen molar-refractivity contribution in [3.05, 3.63) is 168 Å². The van der Waals surface area contributed by atoms with Crippen molar-refractivity contribution >= 4 is 11.1 Å². The summed E-state index contributed by atoms with van der Waals surface area (Å²) in [6.45, 7) is 0. The third-order valence-electron chi connectivity index (χ3n) is 8.13. The third kappa shape index (κ3) is 4.63. The minimum atomic E-state index is 0.0920. The van der Waals surface area contributed by atoms with E-state index in [9.17, 15) is 0 Å². The molecule has 0 spiro atoms. The summed E-state index contributed by atoms with van der Waals surface area (Å²) in [6, 6.07) is 47.6. The minimum Gasteiger partial charge on any atom is -0.459 e. The summed E-state index contributed by atoms with van der Waals surface area (Å²) < 4.78 is 6.87. The molecule has 204 valence electrons. The van der Waals surface area contributed by atoms with Gasteiger partial charge in [-0.3, -0.25) is 0 Å². The number of nitrogens with zero attached hydrogens (tertiary/aromatic N) is 3. The fourth-order valence-corrected chi connectivity index (χ4v) is 6.04. The molecule has 6 aromatic rings. The minimum absolute atomic E-state index is 0.0920. The molecule has 1 atom stereocenters. The number of ether oxygens (including phenoxy) is 1. The zero-order chi connectivity index (χ0) is 28.6. The molecule has 4 nitrogen and oxygen atoms in total. The van der Waals surface area contributed by atoms with Crippen LogP contribution in [0.4, 0.5) is 0 Å². The van der Waals surface area contributed by atoms with Crippen molar-refractivity contribution in [1.29, 1.82) is 0 Å². The molecule has 1 unspecified atom stereocenters. The quantitative estimate of drug-likeness (QED) is 0.213. The van der Waals surface area contributed by atoms with Crippen LogP contribution in [0, 0.1) is 0 Å². The highest BCUT2D eigenvalue weighted by molar-refractivity contribution is 5.90. The summed E-state index contributed by atoms with van der Waals surface area (Å²) in [5.41, 5.74) is 8.69. The first kappa shape index (κ1) is 25.1. The molecule has 5 aromatic carbocycles. The van der Waals surface area contributed by atoms with Gasteiger partial charge in [-0.15, -0.1) is 0 Å². The van der Waals surface area contributed by atoms with Gasteiger partial charge in [0.25, 0.3) is 0 Å². The van der Waals surface area contributed by atoms with Gasteiger partial charge in [0.2, 0.25) is 0 Å². The van der Waals surface area contributed by atoms with Crippen molar-refractivity contribution in [1.82, 2.24) is 15.0 Å². The topological polar surface area (TPSA) is 47.9 Å². The molecular formula is C39H27N3O. The highest BCUT2D eigenvalue weighted by Gasteiger charge is 2.37. The number of fused-ring (bicyclic) bond motifs is 3. The van der Waals surface area contributed by atoms with Crippen LogP contribution in [0.2, 0.25) is 0 Å². The smallest absolute Gasteiger partial charge is 0.167 e. The van der Waals surface area contributed by atoms with Gasteiger partial charge in [-0.05, 0) is 35.3 Å². The maximum Gasteiger partial charge on any atom is 0.167 e. The molecule has 0 amide bonds. The van der Waals surface area contributed by atoms with E-state index in [1.54, 1.807) is 0 Å². The van der Waals surface area contributed by atoms with E-state index in [1.807, 2.05) is 60.7 Å². The normalized spacial score (nSPS) is 15.3. The van der Waals surface area contributed by atoms with E-state index in [0.29, 0.717) is 17.5 Å². The Morgan fingerprint density at radius 1 is 0.488 bits per heavy atom. The lowest BCUT2D eigenvalue weighted by Crippen LogP contribution is -2.08. The molecule has 1 aliphatic heterocycles. The van der Waals surface area contributed by atoms with Gasteiger partial charge in [-0.2, -0.15) is 0 Å². The first-order valence-corrected chi connectivity index (χ1v) is 14.6. The summed E-state index contributed by atoms with van der Waals surface area (Å²) >= 11 is 0. The SMILES string of the molecule is C1=C(c2ccccc2)CC2C(=C1c1ccccc1)Oc1c(-c3nc(-c4ccccc4)nc(-c4ccccc4)n3)cccc12. The van der Waals surface area contributed by atoms with Crippen molar-refractivity contribution in [2.24, 2.45) is 0 Å². The van der Waals surface area contributed by atoms with Gasteiger partial charge in [0.1, 0.15) is 11.5 Å². The van der Waals surface area contributed by atoms with Gasteiger partial charge >= 0.3 is 0 Å². The van der Waals surface area contributed by atoms with Crippen molar-refractivity contribution in [2.75, 3.05) is 0 Å². The average Bonchev–Trinajstić information content (AvgIpc) is 3.48. The monoisotopic (exact) mass is 553 g/mol. The Hall–Kier alpha value is -5.61. The predicted octanol–water partition coefficient (Wildman–Crippen LogP) is 9.25. The Balaban J connectivity index is 1.30. The van der Waals surface area contributed by atoms with Crippen molar-refractivity contribution in [3.8, 4) is 39.9 Å². The fourth-order valence-electron chi connectivity index (χ4n) is 6.04. The van der Waals surface area contributed by atoms with E-state index in [1.165, 1.54) is 11.1 Å². The number of hydrogen-bond donors (Lipinski definition) is 0. The largest absolute Gasteiger partial charge is 0.459 e. The third-order valence-corrected chi connectivity index (χ3v) is 8.13. The maximum absolute atomic E-state index is 6.87. The first-order chi connectivity index (χ1) is 21.3. The highest BCUT2D eigenvalue weighted by atomic mass is 16.5. The lowest BCUT2D eigenvalue weighted by atomic mass is 9.80. The molecule has 8 rings (SSSR count). The summed E-state index contributed by atoms with van der Waals surface area (Å²) in [5, 5.41) is 0. The Bertz CT molecular complexity index is 1940. The van der Waals surface area contributed by atoms with Crippen LogP contribution in [-0.2, 0) is 0 Å². The lowest BCUT2D eigenvalue weighted by molar-refractivity contribution is 0.431. The summed E-state index contributed by atoms with van der Waals surface area (Å²) in [6.07, 6.45) is 3.15. The maximum atomic E-state index is 6.87. The second-order valence-corrected chi connectivity index (χ2v) is 10.8. The van der Waals surface area contributed by atoms with Gasteiger partial charge in [0.15, 0.2) is 17.5 Å². The predicted molar refractivity (Wildman–Crippen MR) is 172 cm³/mol. The standard InChI is InChI=1S/C39H27N3O/c1-5-14-26(15-6-1)30-24-33(27-16-7-2-8-17-27)36-34(25-30)31-22-13-23-32(35(31)43-36)39-41-37(28-18-9-3-10-19-28)40-38(42-39)29-20-11-4-12-21-29/h1-24,34H,25H2. The Kier molecular flexibility index (Phi) is 6.23. The number of rotatable bonds is 5. The zero-order valence-electron chi connectivity index (χ0n) is 23.4. The molecule has 0 fully saturated rings. The van der Waals surface area contributed by atoms with Gasteiger partial charge in [0.05, 0.1) is 11.5 Å². The molecule has 1 aromatic heterocycles. The molecule has 0 bridgehead atoms. The van der Waals surface area contributed by atoms with Crippen molar-refractivity contribution in [3.63, 3.8) is 0 Å². The molecule has 1 aliphatic carbocycles. The van der Waals surface area contributed by atoms with Crippen LogP contribution in [0.25, 0.3) is 45.3 Å². The van der Waals surface area contributed by atoms with Crippen LogP contribution in [0.15, 0.2) is 151 Å². The fraction of sp³-hybridized carbons (Fsp3) is 0.0513. The van der Waals surface area contributed by atoms with E-state index in [-0.39, 0.29) is 5.92 Å². The highest BCUT2D eigenvalue weighted by Crippen LogP contribution is 2.53. The molecular weight excluding hydrogens is 526 g/mol. The van der Waals surface area contributed by atoms with Crippen LogP contribution in [0.3, 0.4) is 0 Å². The van der Waals surface area contributed by atoms with E-state index in [2.05, 4.69) is 84.9 Å². The van der Waals surface area contributed by atoms with E-state index in [0.717, 1.165) is 51.3 Å². The van der Waals surface area contributed by atoms with Gasteiger partial charge in [-0.25, -0.2) is 15.0 Å². The second-order valence-electron chi connectivity index (χ2n) is 10.8. The van der Waals surface area contributed by atoms with E-state index >= 15 is 0 Å². The second kappa shape index (κ2) is 10.7. The van der Waals surface area contributed by atoms with Crippen LogP contribution < -0.4 is 4.74 Å². The van der Waals surface area contributed by atoms with E-state index in [4.69, 9.17) is 19.7 Å². The molecule has 0 saturated carbocycles. The van der Waals surface area contributed by atoms with Gasteiger partial charge in [-0.1, -0.05) is 133 Å². The van der Waals surface area contributed by atoms with Crippen LogP contribution in [-0.4, -0.2) is 15.0 Å². The molecule has 0 radical (unpaired) electrons. The molecule has 2 heterocycles. The molecule has 0 saturated heterocycles. The first-order valence-electron chi connectivity index (χ1n) is 14.6. The average molecular weight is 554 g/mol. The van der Waals surface area contributed by atoms with Gasteiger partial charge < -0.3 is 4.74 Å². The zero-order valence-corrected chi connectivity index (χ0v) is 23.4. The van der Waals surface area contributed by atoms with Crippen molar-refractivity contribution in [2.45, 2.75) is 12.3 Å². The Morgan fingerprint density at radius 3 is 1.58 bits per heavy atom. The molecule has 4 heteroatoms. The number of allylic oxidation sites excluding steroid dienone is 4. The number of aromatic nitrogens is 3. The summed E-state index contributed by atoms with van der Waals surface area (Å²) in [4.78, 5) is 14.9. The lowest BCUT2D eigenvalue weighted by Gasteiger charge is -2.23. The summed E-state index contributed by atoms with van der Waals surface area (Å²) in [5.74, 6) is 3.76. The molecule has 0 N–H and O–H groups in total. The molecule has 43 heavy (non-hydrogen) atoms. The number of para-hydroxylation sites is 1. The Labute approximate surface area is 250 Å². The number of benzene rings is 5. The van der Waals surface area contributed by atoms with Crippen molar-refractivity contribution < 1.29 is 4.74 Å².